The summed E-state index contributed by atoms with van der Waals surface area (Å²) in [6, 6.07) is 16.6. The van der Waals surface area contributed by atoms with Crippen LogP contribution >= 0.6 is 11.8 Å². The number of fused-ring (bicyclic) bond motifs is 2. The first-order valence-electron chi connectivity index (χ1n) is 10.8. The van der Waals surface area contributed by atoms with E-state index in [4.69, 9.17) is 4.74 Å². The standard InChI is InChI=1S/C24H24N2O4S/c27-24(17-10-12-19(13-11-17)26(28)29)30-20-8-4-5-9-21-22(23(20)31-21)25-14-18(15-25)16-6-2-1-3-7-16/h1-3,6-7,10-13,18,21-22H,4-5,8-9,14-15H2/b23-20+. The van der Waals surface area contributed by atoms with E-state index < -0.39 is 10.9 Å². The Kier molecular flexibility index (Phi) is 5.54. The maximum atomic E-state index is 12.7. The number of nitrogens with zero attached hydrogens (tertiary/aromatic N) is 2. The van der Waals surface area contributed by atoms with Crippen LogP contribution in [0.25, 0.3) is 0 Å². The van der Waals surface area contributed by atoms with Gasteiger partial charge in [-0.3, -0.25) is 15.0 Å². The molecule has 0 N–H and O–H groups in total. The number of thioether (sulfide) groups is 1. The predicted octanol–water partition coefficient (Wildman–Crippen LogP) is 5.12. The predicted molar refractivity (Wildman–Crippen MR) is 120 cm³/mol. The number of hydrogen-bond acceptors (Lipinski definition) is 6. The lowest BCUT2D eigenvalue weighted by Gasteiger charge is -2.53. The molecule has 2 aromatic rings. The van der Waals surface area contributed by atoms with Crippen molar-refractivity contribution in [2.75, 3.05) is 13.1 Å². The fourth-order valence-corrected chi connectivity index (χ4v) is 6.21. The van der Waals surface area contributed by atoms with E-state index in [1.165, 1.54) is 41.2 Å². The van der Waals surface area contributed by atoms with Gasteiger partial charge in [0.1, 0.15) is 5.76 Å². The molecule has 0 spiro atoms. The van der Waals surface area contributed by atoms with Crippen LogP contribution in [0.1, 0.15) is 47.5 Å². The van der Waals surface area contributed by atoms with Crippen molar-refractivity contribution in [1.29, 1.82) is 0 Å². The molecule has 2 unspecified atom stereocenters. The van der Waals surface area contributed by atoms with Crippen molar-refractivity contribution in [2.24, 2.45) is 0 Å². The van der Waals surface area contributed by atoms with E-state index in [1.807, 2.05) is 11.8 Å². The van der Waals surface area contributed by atoms with Gasteiger partial charge >= 0.3 is 5.97 Å². The van der Waals surface area contributed by atoms with E-state index in [2.05, 4.69) is 35.2 Å². The van der Waals surface area contributed by atoms with Crippen molar-refractivity contribution in [2.45, 2.75) is 42.9 Å². The van der Waals surface area contributed by atoms with Gasteiger partial charge in [0.05, 0.1) is 16.5 Å². The average Bonchev–Trinajstić information content (AvgIpc) is 2.72. The number of rotatable bonds is 5. The highest BCUT2D eigenvalue weighted by Gasteiger charge is 2.48. The van der Waals surface area contributed by atoms with Gasteiger partial charge in [0, 0.05) is 47.7 Å². The molecule has 3 aliphatic rings. The maximum absolute atomic E-state index is 12.7. The van der Waals surface area contributed by atoms with Gasteiger partial charge in [-0.05, 0) is 30.5 Å². The second kappa shape index (κ2) is 8.48. The van der Waals surface area contributed by atoms with Crippen molar-refractivity contribution in [3.63, 3.8) is 0 Å². The number of allylic oxidation sites excluding steroid dienone is 1. The van der Waals surface area contributed by atoms with Gasteiger partial charge in [0.15, 0.2) is 0 Å². The molecule has 3 heterocycles. The number of hydrogen-bond donors (Lipinski definition) is 0. The normalized spacial score (nSPS) is 26.2. The SMILES string of the molecule is O=C(O/C1=C2/SC(CCCC1)C2N1CC(c2ccccc2)C1)c1ccc([N+](=O)[O-])cc1. The summed E-state index contributed by atoms with van der Waals surface area (Å²) in [5.74, 6) is 0.923. The average molecular weight is 437 g/mol. The number of ether oxygens (including phenoxy) is 1. The Morgan fingerprint density at radius 1 is 1.06 bits per heavy atom. The van der Waals surface area contributed by atoms with Crippen LogP contribution in [0.3, 0.4) is 0 Å². The molecule has 0 amide bonds. The number of non-ortho nitro benzene ring substituents is 1. The topological polar surface area (TPSA) is 72.7 Å². The Balaban J connectivity index is 1.30. The molecule has 2 bridgehead atoms. The van der Waals surface area contributed by atoms with E-state index in [9.17, 15) is 14.9 Å². The lowest BCUT2D eigenvalue weighted by molar-refractivity contribution is -0.384. The highest BCUT2D eigenvalue weighted by Crippen LogP contribution is 2.52. The molecule has 2 saturated heterocycles. The molecular weight excluding hydrogens is 412 g/mol. The van der Waals surface area contributed by atoms with Crippen LogP contribution in [-0.4, -0.2) is 40.2 Å². The number of likely N-dealkylation sites (tertiary alicyclic amines) is 1. The van der Waals surface area contributed by atoms with E-state index >= 15 is 0 Å². The number of esters is 1. The largest absolute Gasteiger partial charge is 0.427 e. The third kappa shape index (κ3) is 4.00. The molecule has 0 radical (unpaired) electrons. The molecule has 5 rings (SSSR count). The van der Waals surface area contributed by atoms with Crippen LogP contribution in [0.5, 0.6) is 0 Å². The highest BCUT2D eigenvalue weighted by molar-refractivity contribution is 8.05. The van der Waals surface area contributed by atoms with Crippen molar-refractivity contribution in [1.82, 2.24) is 4.90 Å². The first-order valence-corrected chi connectivity index (χ1v) is 11.6. The fraction of sp³-hybridized carbons (Fsp3) is 0.375. The second-order valence-electron chi connectivity index (χ2n) is 8.39. The molecular formula is C24H24N2O4S. The molecule has 2 aromatic carbocycles. The van der Waals surface area contributed by atoms with Crippen LogP contribution in [0, 0.1) is 10.1 Å². The number of carbonyl (C=O) groups excluding carboxylic acids is 1. The molecule has 160 valence electrons. The summed E-state index contributed by atoms with van der Waals surface area (Å²) in [7, 11) is 0. The van der Waals surface area contributed by atoms with Crippen LogP contribution in [-0.2, 0) is 4.74 Å². The molecule has 0 aromatic heterocycles. The van der Waals surface area contributed by atoms with Crippen molar-refractivity contribution >= 4 is 23.4 Å². The molecule has 0 saturated carbocycles. The highest BCUT2D eigenvalue weighted by atomic mass is 32.2. The zero-order valence-electron chi connectivity index (χ0n) is 17.1. The van der Waals surface area contributed by atoms with Gasteiger partial charge in [0.2, 0.25) is 0 Å². The van der Waals surface area contributed by atoms with Crippen molar-refractivity contribution in [3.05, 3.63) is 86.5 Å². The number of benzene rings is 2. The summed E-state index contributed by atoms with van der Waals surface area (Å²) < 4.78 is 5.85. The monoisotopic (exact) mass is 436 g/mol. The summed E-state index contributed by atoms with van der Waals surface area (Å²) in [5.41, 5.74) is 1.70. The van der Waals surface area contributed by atoms with Gasteiger partial charge in [-0.25, -0.2) is 4.79 Å². The van der Waals surface area contributed by atoms with Crippen LogP contribution in [0.15, 0.2) is 65.3 Å². The van der Waals surface area contributed by atoms with Crippen molar-refractivity contribution in [3.8, 4) is 0 Å². The third-order valence-electron chi connectivity index (χ3n) is 6.42. The Morgan fingerprint density at radius 3 is 2.52 bits per heavy atom. The minimum Gasteiger partial charge on any atom is -0.427 e. The van der Waals surface area contributed by atoms with E-state index in [0.29, 0.717) is 22.8 Å². The number of nitro benzene ring substituents is 1. The lowest BCUT2D eigenvalue weighted by atomic mass is 9.87. The minimum atomic E-state index is -0.472. The summed E-state index contributed by atoms with van der Waals surface area (Å²) in [4.78, 5) is 26.8. The maximum Gasteiger partial charge on any atom is 0.343 e. The Hall–Kier alpha value is -2.64. The number of nitro groups is 1. The lowest BCUT2D eigenvalue weighted by Crippen LogP contribution is -2.58. The van der Waals surface area contributed by atoms with Gasteiger partial charge in [-0.15, -0.1) is 11.8 Å². The van der Waals surface area contributed by atoms with Crippen LogP contribution < -0.4 is 0 Å². The molecule has 3 aliphatic heterocycles. The molecule has 6 nitrogen and oxygen atoms in total. The Morgan fingerprint density at radius 2 is 1.81 bits per heavy atom. The second-order valence-corrected chi connectivity index (χ2v) is 9.67. The molecule has 7 heteroatoms. The molecule has 0 aliphatic carbocycles. The summed E-state index contributed by atoms with van der Waals surface area (Å²) >= 11 is 1.86. The van der Waals surface area contributed by atoms with E-state index in [-0.39, 0.29) is 5.69 Å². The quantitative estimate of drug-likeness (QED) is 0.368. The summed E-state index contributed by atoms with van der Waals surface area (Å²) in [6.45, 7) is 2.08. The minimum absolute atomic E-state index is 0.0345. The Bertz CT molecular complexity index is 1020. The smallest absolute Gasteiger partial charge is 0.343 e. The van der Waals surface area contributed by atoms with Gasteiger partial charge in [-0.1, -0.05) is 36.8 Å². The van der Waals surface area contributed by atoms with E-state index in [1.54, 1.807) is 0 Å². The number of carbonyl (C=O) groups is 1. The van der Waals surface area contributed by atoms with Gasteiger partial charge in [0.25, 0.3) is 5.69 Å². The molecule has 2 fully saturated rings. The first kappa shape index (κ1) is 20.3. The zero-order valence-corrected chi connectivity index (χ0v) is 17.9. The van der Waals surface area contributed by atoms with E-state index in [0.717, 1.165) is 38.1 Å². The van der Waals surface area contributed by atoms with Gasteiger partial charge < -0.3 is 4.74 Å². The molecule has 31 heavy (non-hydrogen) atoms. The summed E-state index contributed by atoms with van der Waals surface area (Å²) in [6.07, 6.45) is 4.12. The van der Waals surface area contributed by atoms with Crippen LogP contribution in [0.4, 0.5) is 5.69 Å². The zero-order chi connectivity index (χ0) is 21.4. The third-order valence-corrected chi connectivity index (χ3v) is 7.94. The first-order chi connectivity index (χ1) is 15.1. The van der Waals surface area contributed by atoms with Gasteiger partial charge in [-0.2, -0.15) is 0 Å². The molecule has 2 atom stereocenters. The Labute approximate surface area is 185 Å². The van der Waals surface area contributed by atoms with Crippen LogP contribution in [0.2, 0.25) is 0 Å². The fourth-order valence-electron chi connectivity index (χ4n) is 4.66. The summed E-state index contributed by atoms with van der Waals surface area (Å²) in [5, 5.41) is 11.4. The van der Waals surface area contributed by atoms with Crippen molar-refractivity contribution < 1.29 is 14.5 Å².